The van der Waals surface area contributed by atoms with Crippen molar-refractivity contribution < 1.29 is 24.5 Å². The molecule has 6 nitrogen and oxygen atoms in total. The maximum atomic E-state index is 12.5. The quantitative estimate of drug-likeness (QED) is 0.0320. The highest BCUT2D eigenvalue weighted by atomic mass is 16.5. The Kier molecular flexibility index (Phi) is 66.9. The number of carbonyl (C=O) groups is 2. The van der Waals surface area contributed by atoms with Crippen molar-refractivity contribution in [2.24, 2.45) is 0 Å². The second kappa shape index (κ2) is 68.1. The molecule has 0 aromatic rings. The third-order valence-corrected chi connectivity index (χ3v) is 17.1. The number of nitrogens with one attached hydrogen (secondary N) is 1. The number of allylic oxidation sites excluding steroid dienone is 2. The van der Waals surface area contributed by atoms with E-state index < -0.39 is 12.1 Å². The van der Waals surface area contributed by atoms with E-state index >= 15 is 0 Å². The number of esters is 1. The van der Waals surface area contributed by atoms with Crippen molar-refractivity contribution in [3.63, 3.8) is 0 Å². The molecule has 464 valence electrons. The third kappa shape index (κ3) is 63.8. The highest BCUT2D eigenvalue weighted by Gasteiger charge is 2.20. The Balaban J connectivity index is 3.28. The maximum Gasteiger partial charge on any atom is 0.305 e. The smallest absolute Gasteiger partial charge is 0.305 e. The van der Waals surface area contributed by atoms with Gasteiger partial charge in [-0.3, -0.25) is 9.59 Å². The van der Waals surface area contributed by atoms with Crippen LogP contribution in [0, 0.1) is 0 Å². The Hall–Kier alpha value is -1.40. The van der Waals surface area contributed by atoms with E-state index in [-0.39, 0.29) is 18.5 Å². The van der Waals surface area contributed by atoms with E-state index in [0.29, 0.717) is 25.9 Å². The molecule has 2 unspecified atom stereocenters. The predicted molar refractivity (Wildman–Crippen MR) is 343 cm³/mol. The van der Waals surface area contributed by atoms with Gasteiger partial charge in [0.1, 0.15) is 0 Å². The molecule has 0 radical (unpaired) electrons. The van der Waals surface area contributed by atoms with Gasteiger partial charge >= 0.3 is 5.97 Å². The van der Waals surface area contributed by atoms with Crippen molar-refractivity contribution in [2.75, 3.05) is 13.2 Å². The molecule has 0 spiro atoms. The second-order valence-corrected chi connectivity index (χ2v) is 24.9. The van der Waals surface area contributed by atoms with Crippen LogP contribution in [0.15, 0.2) is 12.2 Å². The lowest BCUT2D eigenvalue weighted by atomic mass is 10.0. The standard InChI is InChI=1S/C72H141NO5/c1-3-5-7-9-11-13-15-16-17-18-36-39-42-46-50-54-58-62-66-72(77)78-67-63-59-55-51-47-43-40-37-34-32-30-28-26-24-22-20-19-21-23-25-27-29-31-33-35-38-41-45-49-53-57-61-65-71(76)73-69(68-74)70(75)64-60-56-52-48-44-14-12-10-8-6-4-2/h17-18,69-70,74-75H,3-16,19-68H2,1-2H3,(H,73,76)/b18-17-. The Labute approximate surface area is 489 Å². The van der Waals surface area contributed by atoms with E-state index in [2.05, 4.69) is 31.3 Å². The summed E-state index contributed by atoms with van der Waals surface area (Å²) in [5.41, 5.74) is 0. The molecule has 2 atom stereocenters. The van der Waals surface area contributed by atoms with Gasteiger partial charge in [0, 0.05) is 12.8 Å². The fourth-order valence-corrected chi connectivity index (χ4v) is 11.6. The van der Waals surface area contributed by atoms with Crippen molar-refractivity contribution in [3.8, 4) is 0 Å². The number of amides is 1. The van der Waals surface area contributed by atoms with Crippen molar-refractivity contribution in [1.29, 1.82) is 0 Å². The van der Waals surface area contributed by atoms with E-state index in [4.69, 9.17) is 4.74 Å². The first-order valence-electron chi connectivity index (χ1n) is 35.9. The van der Waals surface area contributed by atoms with Gasteiger partial charge in [-0.1, -0.05) is 360 Å². The first-order chi connectivity index (χ1) is 38.5. The van der Waals surface area contributed by atoms with Crippen LogP contribution in [0.5, 0.6) is 0 Å². The number of ether oxygens (including phenoxy) is 1. The third-order valence-electron chi connectivity index (χ3n) is 17.1. The summed E-state index contributed by atoms with van der Waals surface area (Å²) in [5.74, 6) is -0.00992. The first kappa shape index (κ1) is 76.6. The van der Waals surface area contributed by atoms with E-state index in [0.717, 1.165) is 38.5 Å². The molecule has 0 aliphatic heterocycles. The molecular weight excluding hydrogens is 959 g/mol. The molecule has 0 aromatic carbocycles. The van der Waals surface area contributed by atoms with E-state index in [9.17, 15) is 19.8 Å². The Bertz CT molecular complexity index is 1180. The fraction of sp³-hybridized carbons (Fsp3) is 0.944. The molecule has 0 bridgehead atoms. The minimum atomic E-state index is -0.659. The number of aliphatic hydroxyl groups is 2. The highest BCUT2D eigenvalue weighted by molar-refractivity contribution is 5.76. The summed E-state index contributed by atoms with van der Waals surface area (Å²) in [7, 11) is 0. The zero-order chi connectivity index (χ0) is 56.4. The van der Waals surface area contributed by atoms with E-state index in [1.807, 2.05) is 0 Å². The van der Waals surface area contributed by atoms with Crippen molar-refractivity contribution in [1.82, 2.24) is 5.32 Å². The summed E-state index contributed by atoms with van der Waals surface area (Å²) in [4.78, 5) is 24.6. The van der Waals surface area contributed by atoms with Gasteiger partial charge in [0.2, 0.25) is 5.91 Å². The molecule has 0 aromatic heterocycles. The number of hydrogen-bond acceptors (Lipinski definition) is 5. The number of hydrogen-bond donors (Lipinski definition) is 3. The van der Waals surface area contributed by atoms with Gasteiger partial charge in [0.15, 0.2) is 0 Å². The summed E-state index contributed by atoms with van der Waals surface area (Å²) in [5, 5.41) is 23.2. The molecule has 3 N–H and O–H groups in total. The van der Waals surface area contributed by atoms with Crippen LogP contribution < -0.4 is 5.32 Å². The maximum absolute atomic E-state index is 12.5. The monoisotopic (exact) mass is 1100 g/mol. The minimum absolute atomic E-state index is 0.0192. The van der Waals surface area contributed by atoms with E-state index in [1.54, 1.807) is 0 Å². The topological polar surface area (TPSA) is 95.9 Å². The van der Waals surface area contributed by atoms with Gasteiger partial charge in [-0.25, -0.2) is 0 Å². The van der Waals surface area contributed by atoms with Crippen molar-refractivity contribution in [2.45, 2.75) is 424 Å². The summed E-state index contributed by atoms with van der Waals surface area (Å²) >= 11 is 0. The average Bonchev–Trinajstić information content (AvgIpc) is 3.44. The minimum Gasteiger partial charge on any atom is -0.466 e. The summed E-state index contributed by atoms with van der Waals surface area (Å²) < 4.78 is 5.51. The molecule has 1 amide bonds. The van der Waals surface area contributed by atoms with Crippen LogP contribution in [-0.4, -0.2) is 47.4 Å². The van der Waals surface area contributed by atoms with Crippen LogP contribution in [0.4, 0.5) is 0 Å². The summed E-state index contributed by atoms with van der Waals surface area (Å²) in [6, 6.07) is -0.536. The van der Waals surface area contributed by atoms with Crippen LogP contribution in [0.2, 0.25) is 0 Å². The van der Waals surface area contributed by atoms with Crippen molar-refractivity contribution >= 4 is 11.9 Å². The molecule has 0 saturated heterocycles. The lowest BCUT2D eigenvalue weighted by Gasteiger charge is -2.22. The van der Waals surface area contributed by atoms with Gasteiger partial charge in [-0.2, -0.15) is 0 Å². The summed E-state index contributed by atoms with van der Waals surface area (Å²) in [6.45, 7) is 4.98. The molecule has 0 rings (SSSR count). The molecule has 0 heterocycles. The largest absolute Gasteiger partial charge is 0.466 e. The Morgan fingerprint density at radius 1 is 0.346 bits per heavy atom. The molecule has 0 fully saturated rings. The molecule has 0 saturated carbocycles. The normalized spacial score (nSPS) is 12.5. The molecular formula is C72H141NO5. The van der Waals surface area contributed by atoms with Crippen molar-refractivity contribution in [3.05, 3.63) is 12.2 Å². The molecule has 0 aliphatic rings. The zero-order valence-corrected chi connectivity index (χ0v) is 53.2. The molecule has 78 heavy (non-hydrogen) atoms. The van der Waals surface area contributed by atoms with Gasteiger partial charge in [0.25, 0.3) is 0 Å². The predicted octanol–water partition coefficient (Wildman–Crippen LogP) is 23.1. The number of carbonyl (C=O) groups excluding carboxylic acids is 2. The van der Waals surface area contributed by atoms with Crippen LogP contribution >= 0.6 is 0 Å². The Morgan fingerprint density at radius 3 is 0.910 bits per heavy atom. The van der Waals surface area contributed by atoms with Gasteiger partial charge in [-0.15, -0.1) is 0 Å². The lowest BCUT2D eigenvalue weighted by molar-refractivity contribution is -0.143. The fourth-order valence-electron chi connectivity index (χ4n) is 11.6. The number of aliphatic hydroxyl groups excluding tert-OH is 2. The first-order valence-corrected chi connectivity index (χ1v) is 35.9. The van der Waals surface area contributed by atoms with Gasteiger partial charge in [0.05, 0.1) is 25.4 Å². The van der Waals surface area contributed by atoms with Crippen LogP contribution in [-0.2, 0) is 14.3 Å². The zero-order valence-electron chi connectivity index (χ0n) is 53.2. The van der Waals surface area contributed by atoms with Crippen LogP contribution in [0.25, 0.3) is 0 Å². The second-order valence-electron chi connectivity index (χ2n) is 24.9. The molecule has 6 heteroatoms. The average molecular weight is 1100 g/mol. The summed E-state index contributed by atoms with van der Waals surface area (Å²) in [6.07, 6.45) is 84.3. The SMILES string of the molecule is CCCCCCCCC/C=C\CCCCCCCCCC(=O)OCCCCCCCCCCCCCCCCCCCCCCCCCCCCCCCCCCC(=O)NC(CO)C(O)CCCCCCCCCCCCC. The van der Waals surface area contributed by atoms with Gasteiger partial charge in [-0.05, 0) is 51.4 Å². The van der Waals surface area contributed by atoms with Gasteiger partial charge < -0.3 is 20.3 Å². The lowest BCUT2D eigenvalue weighted by Crippen LogP contribution is -2.45. The van der Waals surface area contributed by atoms with Crippen LogP contribution in [0.1, 0.15) is 412 Å². The number of unbranched alkanes of at least 4 members (excludes halogenated alkanes) is 55. The number of rotatable bonds is 68. The van der Waals surface area contributed by atoms with Crippen LogP contribution in [0.3, 0.4) is 0 Å². The Morgan fingerprint density at radius 2 is 0.603 bits per heavy atom. The highest BCUT2D eigenvalue weighted by Crippen LogP contribution is 2.19. The van der Waals surface area contributed by atoms with E-state index in [1.165, 1.54) is 340 Å². The molecule has 0 aliphatic carbocycles.